The molecule has 5 aromatic rings. The first-order valence-corrected chi connectivity index (χ1v) is 15.9. The number of amides is 3. The standard InChI is InChI=1S/C39H33N3O5S/c1-26(43)27-20-22-31(23-21-27)40-39(46)36(28-12-5-3-6-13-28)48-33-18-11-17-32(25-33)41-38(45)34(24-30-16-9-10-19-35(30)47-2)42-37(44)29-14-7-4-8-15-29/h3-25,36H,1-2H3,(H,40,46)(H,41,45)(H,42,44)/b34-24+. The molecule has 0 aliphatic rings. The number of thioether (sulfide) groups is 1. The van der Waals surface area contributed by atoms with Gasteiger partial charge in [0.25, 0.3) is 11.8 Å². The Balaban J connectivity index is 1.38. The van der Waals surface area contributed by atoms with Crippen LogP contribution >= 0.6 is 11.8 Å². The Morgan fingerprint density at radius 3 is 2.04 bits per heavy atom. The normalized spacial score (nSPS) is 11.6. The van der Waals surface area contributed by atoms with Gasteiger partial charge in [-0.05, 0) is 79.2 Å². The number of anilines is 2. The molecule has 5 rings (SSSR count). The van der Waals surface area contributed by atoms with Crippen LogP contribution in [0.5, 0.6) is 5.75 Å². The van der Waals surface area contributed by atoms with E-state index in [9.17, 15) is 19.2 Å². The Bertz CT molecular complexity index is 1940. The van der Waals surface area contributed by atoms with E-state index in [1.54, 1.807) is 91.0 Å². The highest BCUT2D eigenvalue weighted by molar-refractivity contribution is 8.00. The van der Waals surface area contributed by atoms with Crippen molar-refractivity contribution in [3.8, 4) is 5.75 Å². The van der Waals surface area contributed by atoms with Crippen LogP contribution < -0.4 is 20.7 Å². The summed E-state index contributed by atoms with van der Waals surface area (Å²) in [4.78, 5) is 52.8. The van der Waals surface area contributed by atoms with Crippen LogP contribution in [-0.4, -0.2) is 30.6 Å². The molecule has 0 saturated heterocycles. The van der Waals surface area contributed by atoms with Crippen LogP contribution in [0.4, 0.5) is 11.4 Å². The molecule has 0 saturated carbocycles. The van der Waals surface area contributed by atoms with Crippen molar-refractivity contribution in [1.82, 2.24) is 5.32 Å². The van der Waals surface area contributed by atoms with Gasteiger partial charge in [0, 0.05) is 33.0 Å². The fraction of sp³-hybridized carbons (Fsp3) is 0.0769. The Hall–Kier alpha value is -5.93. The van der Waals surface area contributed by atoms with E-state index in [0.717, 1.165) is 10.5 Å². The van der Waals surface area contributed by atoms with Gasteiger partial charge in [-0.3, -0.25) is 19.2 Å². The van der Waals surface area contributed by atoms with Gasteiger partial charge in [-0.15, -0.1) is 11.8 Å². The minimum Gasteiger partial charge on any atom is -0.496 e. The van der Waals surface area contributed by atoms with E-state index in [2.05, 4.69) is 16.0 Å². The lowest BCUT2D eigenvalue weighted by atomic mass is 10.1. The molecule has 0 spiro atoms. The molecule has 0 heterocycles. The van der Waals surface area contributed by atoms with Crippen molar-refractivity contribution < 1.29 is 23.9 Å². The summed E-state index contributed by atoms with van der Waals surface area (Å²) in [5.74, 6) is -0.752. The monoisotopic (exact) mass is 655 g/mol. The first-order chi connectivity index (χ1) is 23.3. The van der Waals surface area contributed by atoms with Crippen LogP contribution in [0.15, 0.2) is 144 Å². The van der Waals surface area contributed by atoms with Crippen LogP contribution in [0.25, 0.3) is 6.08 Å². The van der Waals surface area contributed by atoms with Crippen molar-refractivity contribution in [3.63, 3.8) is 0 Å². The number of para-hydroxylation sites is 1. The molecule has 0 radical (unpaired) electrons. The van der Waals surface area contributed by atoms with Crippen molar-refractivity contribution in [1.29, 1.82) is 0 Å². The number of benzene rings is 5. The number of hydrogen-bond donors (Lipinski definition) is 3. The lowest BCUT2D eigenvalue weighted by Gasteiger charge is -2.18. The van der Waals surface area contributed by atoms with Crippen LogP contribution in [0, 0.1) is 0 Å². The largest absolute Gasteiger partial charge is 0.496 e. The number of ether oxygens (including phenoxy) is 1. The Morgan fingerprint density at radius 1 is 0.688 bits per heavy atom. The third-order valence-corrected chi connectivity index (χ3v) is 8.46. The SMILES string of the molecule is COc1ccccc1/C=C(/NC(=O)c1ccccc1)C(=O)Nc1cccc(SC(C(=O)Nc2ccc(C(C)=O)cc2)c2ccccc2)c1. The summed E-state index contributed by atoms with van der Waals surface area (Å²) in [7, 11) is 1.53. The molecule has 3 amide bonds. The molecule has 9 heteroatoms. The second-order valence-corrected chi connectivity index (χ2v) is 11.8. The summed E-state index contributed by atoms with van der Waals surface area (Å²) >= 11 is 1.32. The molecule has 0 aliphatic heterocycles. The highest BCUT2D eigenvalue weighted by atomic mass is 32.2. The quantitative estimate of drug-likeness (QED) is 0.0719. The van der Waals surface area contributed by atoms with E-state index in [4.69, 9.17) is 4.74 Å². The highest BCUT2D eigenvalue weighted by Crippen LogP contribution is 2.37. The van der Waals surface area contributed by atoms with E-state index in [1.807, 2.05) is 48.5 Å². The van der Waals surface area contributed by atoms with Gasteiger partial charge in [0.05, 0.1) is 7.11 Å². The zero-order valence-electron chi connectivity index (χ0n) is 26.3. The van der Waals surface area contributed by atoms with Gasteiger partial charge in [-0.1, -0.05) is 72.8 Å². The minimum atomic E-state index is -0.629. The fourth-order valence-electron chi connectivity index (χ4n) is 4.76. The molecule has 5 aromatic carbocycles. The fourth-order valence-corrected chi connectivity index (χ4v) is 5.85. The van der Waals surface area contributed by atoms with Crippen molar-refractivity contribution in [2.45, 2.75) is 17.1 Å². The van der Waals surface area contributed by atoms with Crippen molar-refractivity contribution >= 4 is 52.7 Å². The predicted molar refractivity (Wildman–Crippen MR) is 190 cm³/mol. The van der Waals surface area contributed by atoms with Crippen LogP contribution in [0.3, 0.4) is 0 Å². The number of ketones is 1. The number of carbonyl (C=O) groups excluding carboxylic acids is 4. The number of carbonyl (C=O) groups is 4. The highest BCUT2D eigenvalue weighted by Gasteiger charge is 2.23. The molecule has 3 N–H and O–H groups in total. The number of methoxy groups -OCH3 is 1. The molecule has 0 fully saturated rings. The van der Waals surface area contributed by atoms with Crippen LogP contribution in [0.2, 0.25) is 0 Å². The van der Waals surface area contributed by atoms with E-state index in [0.29, 0.717) is 33.8 Å². The average molecular weight is 656 g/mol. The molecule has 0 aromatic heterocycles. The molecule has 48 heavy (non-hydrogen) atoms. The Labute approximate surface area is 283 Å². The third kappa shape index (κ3) is 8.86. The molecular formula is C39H33N3O5S. The lowest BCUT2D eigenvalue weighted by Crippen LogP contribution is -2.30. The van der Waals surface area contributed by atoms with E-state index in [-0.39, 0.29) is 17.4 Å². The van der Waals surface area contributed by atoms with Gasteiger partial charge in [0.2, 0.25) is 5.91 Å². The van der Waals surface area contributed by atoms with Crippen molar-refractivity contribution in [2.75, 3.05) is 17.7 Å². The zero-order valence-corrected chi connectivity index (χ0v) is 27.1. The second kappa shape index (κ2) is 16.1. The van der Waals surface area contributed by atoms with Crippen LogP contribution in [-0.2, 0) is 9.59 Å². The Morgan fingerprint density at radius 2 is 1.35 bits per heavy atom. The summed E-state index contributed by atoms with van der Waals surface area (Å²) < 4.78 is 5.46. The molecular weight excluding hydrogens is 623 g/mol. The van der Waals surface area contributed by atoms with Crippen molar-refractivity contribution in [3.05, 3.63) is 161 Å². The van der Waals surface area contributed by atoms with E-state index < -0.39 is 17.1 Å². The summed E-state index contributed by atoms with van der Waals surface area (Å²) in [6, 6.07) is 39.1. The molecule has 1 unspecified atom stereocenters. The number of hydrogen-bond acceptors (Lipinski definition) is 6. The molecule has 0 aliphatic carbocycles. The van der Waals surface area contributed by atoms with Crippen molar-refractivity contribution in [2.24, 2.45) is 0 Å². The van der Waals surface area contributed by atoms with E-state index in [1.165, 1.54) is 25.8 Å². The molecule has 0 bridgehead atoms. The van der Waals surface area contributed by atoms with Gasteiger partial charge in [0.15, 0.2) is 5.78 Å². The lowest BCUT2D eigenvalue weighted by molar-refractivity contribution is -0.116. The third-order valence-electron chi connectivity index (χ3n) is 7.21. The topological polar surface area (TPSA) is 114 Å². The van der Waals surface area contributed by atoms with Gasteiger partial charge in [-0.2, -0.15) is 0 Å². The maximum absolute atomic E-state index is 13.7. The summed E-state index contributed by atoms with van der Waals surface area (Å²) in [6.07, 6.45) is 1.56. The first-order valence-electron chi connectivity index (χ1n) is 15.1. The van der Waals surface area contributed by atoms with Gasteiger partial charge < -0.3 is 20.7 Å². The molecule has 240 valence electrons. The van der Waals surface area contributed by atoms with Crippen LogP contribution in [0.1, 0.15) is 44.0 Å². The number of Topliss-reactive ketones (excluding diaryl/α,β-unsaturated/α-hetero) is 1. The van der Waals surface area contributed by atoms with E-state index >= 15 is 0 Å². The maximum Gasteiger partial charge on any atom is 0.272 e. The minimum absolute atomic E-state index is 0.0174. The molecule has 8 nitrogen and oxygen atoms in total. The summed E-state index contributed by atoms with van der Waals surface area (Å²) in [5, 5.41) is 7.96. The van der Waals surface area contributed by atoms with Gasteiger partial charge >= 0.3 is 0 Å². The zero-order chi connectivity index (χ0) is 33.9. The van der Waals surface area contributed by atoms with Gasteiger partial charge in [0.1, 0.15) is 16.7 Å². The maximum atomic E-state index is 13.7. The number of rotatable bonds is 12. The molecule has 1 atom stereocenters. The predicted octanol–water partition coefficient (Wildman–Crippen LogP) is 7.78. The van der Waals surface area contributed by atoms with Gasteiger partial charge in [-0.25, -0.2) is 0 Å². The first kappa shape index (κ1) is 33.4. The summed E-state index contributed by atoms with van der Waals surface area (Å²) in [6.45, 7) is 1.49. The summed E-state index contributed by atoms with van der Waals surface area (Å²) in [5.41, 5.74) is 3.41. The number of nitrogens with one attached hydrogen (secondary N) is 3. The smallest absolute Gasteiger partial charge is 0.272 e. The Kier molecular flexibility index (Phi) is 11.2. The average Bonchev–Trinajstić information content (AvgIpc) is 3.11. The second-order valence-electron chi connectivity index (χ2n) is 10.6.